The van der Waals surface area contributed by atoms with Gasteiger partial charge in [-0.2, -0.15) is 5.11 Å². The van der Waals surface area contributed by atoms with Crippen LogP contribution >= 0.6 is 0 Å². The van der Waals surface area contributed by atoms with Crippen LogP contribution in [0.1, 0.15) is 5.56 Å². The maximum absolute atomic E-state index is 11.1. The zero-order chi connectivity index (χ0) is 15.4. The van der Waals surface area contributed by atoms with Crippen LogP contribution < -0.4 is 10.5 Å². The summed E-state index contributed by atoms with van der Waals surface area (Å²) in [4.78, 5) is 10.6. The number of rotatable bonds is 4. The van der Waals surface area contributed by atoms with Crippen molar-refractivity contribution in [1.82, 2.24) is 0 Å². The third-order valence-electron chi connectivity index (χ3n) is 2.96. The van der Waals surface area contributed by atoms with E-state index in [-0.39, 0.29) is 17.1 Å². The molecular weight excluding hydrogens is 272 g/mol. The fourth-order valence-electron chi connectivity index (χ4n) is 1.86. The van der Waals surface area contributed by atoms with Gasteiger partial charge in [-0.3, -0.25) is 10.1 Å². The molecule has 0 fully saturated rings. The Balaban J connectivity index is 2.51. The molecule has 0 heterocycles. The Hall–Kier alpha value is -2.96. The van der Waals surface area contributed by atoms with Crippen LogP contribution in [0.2, 0.25) is 0 Å². The molecule has 0 saturated heterocycles. The number of methoxy groups -OCH3 is 1. The molecule has 0 aliphatic carbocycles. The molecule has 2 N–H and O–H groups in total. The van der Waals surface area contributed by atoms with Gasteiger partial charge in [0.1, 0.15) is 0 Å². The van der Waals surface area contributed by atoms with E-state index in [9.17, 15) is 10.1 Å². The van der Waals surface area contributed by atoms with Gasteiger partial charge in [0.25, 0.3) is 0 Å². The average Bonchev–Trinajstić information content (AvgIpc) is 2.47. The minimum atomic E-state index is -0.547. The second-order valence-electron chi connectivity index (χ2n) is 4.28. The van der Waals surface area contributed by atoms with Gasteiger partial charge in [-0.1, -0.05) is 18.2 Å². The number of nitrogen functional groups attached to an aromatic ring is 1. The molecule has 0 saturated carbocycles. The van der Waals surface area contributed by atoms with Crippen molar-refractivity contribution in [2.45, 2.75) is 6.92 Å². The molecule has 2 rings (SSSR count). The van der Waals surface area contributed by atoms with Crippen LogP contribution in [-0.4, -0.2) is 12.0 Å². The highest BCUT2D eigenvalue weighted by molar-refractivity contribution is 5.76. The smallest absolute Gasteiger partial charge is 0.301 e. The Labute approximate surface area is 121 Å². The zero-order valence-electron chi connectivity index (χ0n) is 11.6. The molecule has 0 spiro atoms. The molecule has 0 radical (unpaired) electrons. The zero-order valence-corrected chi connectivity index (χ0v) is 11.6. The number of anilines is 1. The fourth-order valence-corrected chi connectivity index (χ4v) is 1.86. The summed E-state index contributed by atoms with van der Waals surface area (Å²) in [6, 6.07) is 10.6. The first kappa shape index (κ1) is 14.4. The van der Waals surface area contributed by atoms with Gasteiger partial charge in [0.05, 0.1) is 29.0 Å². The maximum Gasteiger partial charge on any atom is 0.301 e. The first-order chi connectivity index (χ1) is 10.0. The predicted molar refractivity (Wildman–Crippen MR) is 79.4 cm³/mol. The van der Waals surface area contributed by atoms with E-state index in [0.717, 1.165) is 0 Å². The van der Waals surface area contributed by atoms with Crippen molar-refractivity contribution in [1.29, 1.82) is 0 Å². The lowest BCUT2D eigenvalue weighted by Crippen LogP contribution is -2.01. The largest absolute Gasteiger partial charge is 0.494 e. The number of nitrogens with zero attached hydrogens (tertiary/aromatic N) is 3. The van der Waals surface area contributed by atoms with E-state index in [4.69, 9.17) is 10.5 Å². The summed E-state index contributed by atoms with van der Waals surface area (Å²) in [7, 11) is 1.39. The molecule has 0 bridgehead atoms. The fraction of sp³-hybridized carbons (Fsp3) is 0.143. The Morgan fingerprint density at radius 2 is 1.90 bits per heavy atom. The normalized spacial score (nSPS) is 10.8. The SMILES string of the molecule is COc1cc(N=Nc2ccccc2)c(C)c([N+](=O)[O-])c1N. The number of nitrogens with two attached hydrogens (primary N) is 1. The van der Waals surface area contributed by atoms with Crippen molar-refractivity contribution >= 4 is 22.7 Å². The van der Waals surface area contributed by atoms with E-state index < -0.39 is 4.92 Å². The standard InChI is InChI=1S/C14H14N4O3/c1-9-11(17-16-10-6-4-3-5-7-10)8-12(21-2)13(15)14(9)18(19)20/h3-8H,15H2,1-2H3. The monoisotopic (exact) mass is 286 g/mol. The Morgan fingerprint density at radius 1 is 1.24 bits per heavy atom. The van der Waals surface area contributed by atoms with E-state index in [2.05, 4.69) is 10.2 Å². The lowest BCUT2D eigenvalue weighted by molar-refractivity contribution is -0.384. The minimum absolute atomic E-state index is 0.0151. The van der Waals surface area contributed by atoms with Crippen LogP contribution in [0.15, 0.2) is 46.6 Å². The number of nitro benzene ring substituents is 1. The summed E-state index contributed by atoms with van der Waals surface area (Å²) in [5.41, 5.74) is 6.84. The summed E-state index contributed by atoms with van der Waals surface area (Å²) in [5, 5.41) is 19.2. The number of hydrogen-bond donors (Lipinski definition) is 1. The molecular formula is C14H14N4O3. The third-order valence-corrected chi connectivity index (χ3v) is 2.96. The lowest BCUT2D eigenvalue weighted by Gasteiger charge is -2.09. The molecule has 7 heteroatoms. The molecule has 0 aliphatic heterocycles. The van der Waals surface area contributed by atoms with Gasteiger partial charge in [-0.25, -0.2) is 0 Å². The van der Waals surface area contributed by atoms with Gasteiger partial charge in [0.15, 0.2) is 11.4 Å². The van der Waals surface area contributed by atoms with Crippen LogP contribution in [0.4, 0.5) is 22.7 Å². The van der Waals surface area contributed by atoms with Crippen LogP contribution in [-0.2, 0) is 0 Å². The third kappa shape index (κ3) is 2.97. The van der Waals surface area contributed by atoms with Gasteiger partial charge in [-0.05, 0) is 19.1 Å². The Morgan fingerprint density at radius 3 is 2.48 bits per heavy atom. The maximum atomic E-state index is 11.1. The molecule has 0 amide bonds. The number of benzene rings is 2. The molecule has 108 valence electrons. The van der Waals surface area contributed by atoms with Crippen molar-refractivity contribution in [3.63, 3.8) is 0 Å². The van der Waals surface area contributed by atoms with Crippen molar-refractivity contribution in [2.24, 2.45) is 10.2 Å². The second kappa shape index (κ2) is 6.00. The molecule has 0 atom stereocenters. The quantitative estimate of drug-likeness (QED) is 0.398. The molecule has 2 aromatic carbocycles. The first-order valence-corrected chi connectivity index (χ1v) is 6.13. The summed E-state index contributed by atoms with van der Waals surface area (Å²) in [6.45, 7) is 1.58. The molecule has 0 unspecified atom stereocenters. The summed E-state index contributed by atoms with van der Waals surface area (Å²) in [6.07, 6.45) is 0. The summed E-state index contributed by atoms with van der Waals surface area (Å²) >= 11 is 0. The highest BCUT2D eigenvalue weighted by atomic mass is 16.6. The molecule has 0 aromatic heterocycles. The first-order valence-electron chi connectivity index (χ1n) is 6.13. The van der Waals surface area contributed by atoms with E-state index >= 15 is 0 Å². The summed E-state index contributed by atoms with van der Waals surface area (Å²) in [5.74, 6) is 0.203. The van der Waals surface area contributed by atoms with Crippen molar-refractivity contribution in [3.8, 4) is 5.75 Å². The van der Waals surface area contributed by atoms with Crippen molar-refractivity contribution < 1.29 is 9.66 Å². The van der Waals surface area contributed by atoms with E-state index in [1.807, 2.05) is 18.2 Å². The van der Waals surface area contributed by atoms with Crippen LogP contribution in [0.5, 0.6) is 5.75 Å². The van der Waals surface area contributed by atoms with Crippen LogP contribution in [0.3, 0.4) is 0 Å². The lowest BCUT2D eigenvalue weighted by atomic mass is 10.1. The highest BCUT2D eigenvalue weighted by Crippen LogP contribution is 2.40. The number of ether oxygens (including phenoxy) is 1. The van der Waals surface area contributed by atoms with E-state index in [1.54, 1.807) is 19.1 Å². The van der Waals surface area contributed by atoms with Crippen LogP contribution in [0.25, 0.3) is 0 Å². The molecule has 7 nitrogen and oxygen atoms in total. The van der Waals surface area contributed by atoms with Crippen LogP contribution in [0, 0.1) is 17.0 Å². The Kier molecular flexibility index (Phi) is 4.13. The van der Waals surface area contributed by atoms with Gasteiger partial charge in [-0.15, -0.1) is 5.11 Å². The number of azo groups is 1. The second-order valence-corrected chi connectivity index (χ2v) is 4.28. The average molecular weight is 286 g/mol. The molecule has 0 aliphatic rings. The van der Waals surface area contributed by atoms with Gasteiger partial charge >= 0.3 is 5.69 Å². The highest BCUT2D eigenvalue weighted by Gasteiger charge is 2.23. The van der Waals surface area contributed by atoms with Gasteiger partial charge < -0.3 is 10.5 Å². The molecule has 21 heavy (non-hydrogen) atoms. The Bertz CT molecular complexity index is 699. The van der Waals surface area contributed by atoms with Gasteiger partial charge in [0.2, 0.25) is 0 Å². The minimum Gasteiger partial charge on any atom is -0.494 e. The summed E-state index contributed by atoms with van der Waals surface area (Å²) < 4.78 is 5.05. The van der Waals surface area contributed by atoms with Gasteiger partial charge in [0, 0.05) is 6.07 Å². The van der Waals surface area contributed by atoms with E-state index in [1.165, 1.54) is 13.2 Å². The van der Waals surface area contributed by atoms with Crippen molar-refractivity contribution in [2.75, 3.05) is 12.8 Å². The van der Waals surface area contributed by atoms with Crippen molar-refractivity contribution in [3.05, 3.63) is 52.1 Å². The molecule has 2 aromatic rings. The topological polar surface area (TPSA) is 103 Å². The van der Waals surface area contributed by atoms with E-state index in [0.29, 0.717) is 16.9 Å². The predicted octanol–water partition coefficient (Wildman–Crippen LogP) is 3.91. The number of nitro groups is 1. The number of hydrogen-bond acceptors (Lipinski definition) is 6.